The topological polar surface area (TPSA) is 38.3 Å². The number of benzene rings is 2. The van der Waals surface area contributed by atoms with E-state index in [4.69, 9.17) is 16.3 Å². The van der Waals surface area contributed by atoms with Crippen LogP contribution in [0.4, 0.5) is 10.1 Å². The van der Waals surface area contributed by atoms with Crippen LogP contribution in [0.2, 0.25) is 5.02 Å². The Bertz CT molecular complexity index is 629. The molecule has 0 aromatic heterocycles. The van der Waals surface area contributed by atoms with Gasteiger partial charge in [-0.25, -0.2) is 4.39 Å². The molecule has 0 spiro atoms. The summed E-state index contributed by atoms with van der Waals surface area (Å²) in [5.74, 6) is -0.116. The van der Waals surface area contributed by atoms with E-state index in [-0.39, 0.29) is 24.6 Å². The highest BCUT2D eigenvalue weighted by atomic mass is 35.5. The van der Waals surface area contributed by atoms with Crippen LogP contribution >= 0.6 is 11.6 Å². The Labute approximate surface area is 127 Å². The van der Waals surface area contributed by atoms with Crippen LogP contribution in [0.15, 0.2) is 42.5 Å². The van der Waals surface area contributed by atoms with Gasteiger partial charge in [-0.1, -0.05) is 17.7 Å². The van der Waals surface area contributed by atoms with Crippen LogP contribution < -0.4 is 10.1 Å². The summed E-state index contributed by atoms with van der Waals surface area (Å²) in [5, 5.41) is 3.15. The number of halogens is 2. The van der Waals surface area contributed by atoms with E-state index < -0.39 is 5.82 Å². The second kappa shape index (κ2) is 7.09. The molecule has 2 aromatic carbocycles. The molecule has 0 aliphatic heterocycles. The molecular weight excluding hydrogens is 293 g/mol. The predicted octanol–water partition coefficient (Wildman–Crippen LogP) is 4.20. The van der Waals surface area contributed by atoms with Crippen LogP contribution in [-0.2, 0) is 4.79 Å². The van der Waals surface area contributed by atoms with Crippen molar-refractivity contribution in [1.82, 2.24) is 0 Å². The van der Waals surface area contributed by atoms with Crippen LogP contribution in [0.25, 0.3) is 0 Å². The van der Waals surface area contributed by atoms with Gasteiger partial charge in [0.1, 0.15) is 11.6 Å². The van der Waals surface area contributed by atoms with E-state index in [1.807, 2.05) is 6.92 Å². The van der Waals surface area contributed by atoms with Gasteiger partial charge in [0.15, 0.2) is 0 Å². The summed E-state index contributed by atoms with van der Waals surface area (Å²) in [7, 11) is 0. The lowest BCUT2D eigenvalue weighted by Gasteiger charge is -2.08. The van der Waals surface area contributed by atoms with Gasteiger partial charge in [-0.05, 0) is 48.9 Å². The third kappa shape index (κ3) is 4.76. The van der Waals surface area contributed by atoms with Crippen molar-refractivity contribution in [2.75, 3.05) is 11.9 Å². The van der Waals surface area contributed by atoms with Gasteiger partial charge in [0.2, 0.25) is 5.91 Å². The normalized spacial score (nSPS) is 10.2. The number of carbonyl (C=O) groups is 1. The molecule has 0 heterocycles. The summed E-state index contributed by atoms with van der Waals surface area (Å²) in [6.45, 7) is 2.04. The van der Waals surface area contributed by atoms with Crippen LogP contribution in [0.3, 0.4) is 0 Å². The molecule has 0 saturated carbocycles. The Morgan fingerprint density at radius 1 is 1.24 bits per heavy atom. The standard InChI is InChI=1S/C16H15ClFNO2/c1-11-2-7-14(18)15(10-11)19-16(20)8-9-21-13-5-3-12(17)4-6-13/h2-7,10H,8-9H2,1H3,(H,19,20). The van der Waals surface area contributed by atoms with Gasteiger partial charge in [-0.2, -0.15) is 0 Å². The third-order valence-corrected chi connectivity index (χ3v) is 3.06. The highest BCUT2D eigenvalue weighted by Crippen LogP contribution is 2.17. The lowest BCUT2D eigenvalue weighted by Crippen LogP contribution is -2.16. The van der Waals surface area contributed by atoms with E-state index in [0.29, 0.717) is 10.8 Å². The Morgan fingerprint density at radius 3 is 2.67 bits per heavy atom. The smallest absolute Gasteiger partial charge is 0.227 e. The molecule has 0 fully saturated rings. The summed E-state index contributed by atoms with van der Waals surface area (Å²) in [4.78, 5) is 11.7. The molecule has 2 rings (SSSR count). The highest BCUT2D eigenvalue weighted by molar-refractivity contribution is 6.30. The van der Waals surface area contributed by atoms with Crippen LogP contribution in [-0.4, -0.2) is 12.5 Å². The largest absolute Gasteiger partial charge is 0.493 e. The maximum absolute atomic E-state index is 13.5. The van der Waals surface area contributed by atoms with Crippen molar-refractivity contribution >= 4 is 23.2 Å². The van der Waals surface area contributed by atoms with Gasteiger partial charge < -0.3 is 10.1 Å². The predicted molar refractivity (Wildman–Crippen MR) is 81.3 cm³/mol. The average Bonchev–Trinajstić information content (AvgIpc) is 2.45. The number of hydrogen-bond acceptors (Lipinski definition) is 2. The van der Waals surface area contributed by atoms with E-state index in [1.165, 1.54) is 6.07 Å². The number of amides is 1. The molecule has 0 aliphatic carbocycles. The molecule has 110 valence electrons. The van der Waals surface area contributed by atoms with Crippen molar-refractivity contribution in [1.29, 1.82) is 0 Å². The van der Waals surface area contributed by atoms with Crippen molar-refractivity contribution in [3.05, 3.63) is 58.9 Å². The fourth-order valence-electron chi connectivity index (χ4n) is 1.74. The maximum atomic E-state index is 13.5. The molecule has 21 heavy (non-hydrogen) atoms. The van der Waals surface area contributed by atoms with Gasteiger partial charge in [-0.3, -0.25) is 4.79 Å². The summed E-state index contributed by atoms with van der Waals surface area (Å²) in [5.41, 5.74) is 1.07. The second-order valence-corrected chi connectivity index (χ2v) is 5.02. The maximum Gasteiger partial charge on any atom is 0.227 e. The Balaban J connectivity index is 1.82. The SMILES string of the molecule is Cc1ccc(F)c(NC(=O)CCOc2ccc(Cl)cc2)c1. The molecule has 2 aromatic rings. The average molecular weight is 308 g/mol. The minimum atomic E-state index is -0.451. The number of anilines is 1. The first-order valence-electron chi connectivity index (χ1n) is 6.49. The molecule has 5 heteroatoms. The minimum absolute atomic E-state index is 0.135. The summed E-state index contributed by atoms with van der Waals surface area (Å²) in [6, 6.07) is 11.4. The summed E-state index contributed by atoms with van der Waals surface area (Å²) < 4.78 is 18.9. The van der Waals surface area contributed by atoms with E-state index in [0.717, 1.165) is 5.56 Å². The highest BCUT2D eigenvalue weighted by Gasteiger charge is 2.07. The fourth-order valence-corrected chi connectivity index (χ4v) is 1.87. The lowest BCUT2D eigenvalue weighted by atomic mass is 10.2. The van der Waals surface area contributed by atoms with E-state index in [1.54, 1.807) is 36.4 Å². The molecule has 0 radical (unpaired) electrons. The Morgan fingerprint density at radius 2 is 1.95 bits per heavy atom. The van der Waals surface area contributed by atoms with Crippen molar-refractivity contribution in [2.45, 2.75) is 13.3 Å². The minimum Gasteiger partial charge on any atom is -0.493 e. The van der Waals surface area contributed by atoms with Crippen molar-refractivity contribution in [3.63, 3.8) is 0 Å². The molecule has 3 nitrogen and oxygen atoms in total. The number of aryl methyl sites for hydroxylation is 1. The Kier molecular flexibility index (Phi) is 5.17. The number of carbonyl (C=O) groups excluding carboxylic acids is 1. The van der Waals surface area contributed by atoms with Gasteiger partial charge in [0.25, 0.3) is 0 Å². The van der Waals surface area contributed by atoms with Crippen LogP contribution in [0, 0.1) is 12.7 Å². The summed E-state index contributed by atoms with van der Waals surface area (Å²) in [6.07, 6.45) is 0.135. The number of rotatable bonds is 5. The van der Waals surface area contributed by atoms with Crippen LogP contribution in [0.5, 0.6) is 5.75 Å². The van der Waals surface area contributed by atoms with Gasteiger partial charge in [-0.15, -0.1) is 0 Å². The molecule has 1 N–H and O–H groups in total. The first-order chi connectivity index (χ1) is 10.0. The molecule has 0 bridgehead atoms. The van der Waals surface area contributed by atoms with Gasteiger partial charge >= 0.3 is 0 Å². The third-order valence-electron chi connectivity index (χ3n) is 2.81. The first kappa shape index (κ1) is 15.3. The molecule has 1 amide bonds. The monoisotopic (exact) mass is 307 g/mol. The van der Waals surface area contributed by atoms with E-state index in [2.05, 4.69) is 5.32 Å². The molecule has 0 atom stereocenters. The number of nitrogens with one attached hydrogen (secondary N) is 1. The zero-order chi connectivity index (χ0) is 15.2. The number of hydrogen-bond donors (Lipinski definition) is 1. The van der Waals surface area contributed by atoms with E-state index >= 15 is 0 Å². The first-order valence-corrected chi connectivity index (χ1v) is 6.87. The van der Waals surface area contributed by atoms with Crippen LogP contribution in [0.1, 0.15) is 12.0 Å². The van der Waals surface area contributed by atoms with Gasteiger partial charge in [0.05, 0.1) is 18.7 Å². The van der Waals surface area contributed by atoms with Gasteiger partial charge in [0, 0.05) is 5.02 Å². The van der Waals surface area contributed by atoms with E-state index in [9.17, 15) is 9.18 Å². The number of ether oxygens (including phenoxy) is 1. The van der Waals surface area contributed by atoms with Crippen molar-refractivity contribution in [3.8, 4) is 5.75 Å². The van der Waals surface area contributed by atoms with Crippen molar-refractivity contribution < 1.29 is 13.9 Å². The zero-order valence-electron chi connectivity index (χ0n) is 11.5. The second-order valence-electron chi connectivity index (χ2n) is 4.58. The summed E-state index contributed by atoms with van der Waals surface area (Å²) >= 11 is 5.76. The lowest BCUT2D eigenvalue weighted by molar-refractivity contribution is -0.116. The molecule has 0 aliphatic rings. The molecule has 0 saturated heterocycles. The zero-order valence-corrected chi connectivity index (χ0v) is 12.3. The van der Waals surface area contributed by atoms with Crippen molar-refractivity contribution in [2.24, 2.45) is 0 Å². The quantitative estimate of drug-likeness (QED) is 0.899. The Hall–Kier alpha value is -2.07. The fraction of sp³-hybridized carbons (Fsp3) is 0.188. The molecular formula is C16H15ClFNO2. The molecule has 0 unspecified atom stereocenters.